The summed E-state index contributed by atoms with van der Waals surface area (Å²) in [5.41, 5.74) is 2.20. The molecule has 154 valence electrons. The van der Waals surface area contributed by atoms with Gasteiger partial charge in [0.25, 0.3) is 5.91 Å². The number of morpholine rings is 1. The first-order chi connectivity index (χ1) is 14.2. The van der Waals surface area contributed by atoms with Crippen LogP contribution >= 0.6 is 0 Å². The predicted molar refractivity (Wildman–Crippen MR) is 109 cm³/mol. The van der Waals surface area contributed by atoms with E-state index in [9.17, 15) is 4.79 Å². The highest BCUT2D eigenvalue weighted by atomic mass is 16.5. The first-order valence-electron chi connectivity index (χ1n) is 11.2. The number of hydrogen-bond acceptors (Lipinski definition) is 5. The van der Waals surface area contributed by atoms with Crippen molar-refractivity contribution in [3.63, 3.8) is 0 Å². The van der Waals surface area contributed by atoms with Crippen LogP contribution in [-0.2, 0) is 4.74 Å². The first kappa shape index (κ1) is 17.8. The first-order valence-corrected chi connectivity index (χ1v) is 11.2. The molecule has 1 aliphatic carbocycles. The number of nitrogens with one attached hydrogen (secondary N) is 1. The molecule has 2 aromatic heterocycles. The molecule has 2 bridgehead atoms. The van der Waals surface area contributed by atoms with Gasteiger partial charge in [-0.3, -0.25) is 4.79 Å². The molecule has 0 aromatic carbocycles. The van der Waals surface area contributed by atoms with Crippen LogP contribution in [-0.4, -0.2) is 62.7 Å². The number of rotatable bonds is 2. The summed E-state index contributed by atoms with van der Waals surface area (Å²) in [6.45, 7) is 1.96. The largest absolute Gasteiger partial charge is 0.371 e. The minimum Gasteiger partial charge on any atom is -0.371 e. The molecule has 2 aromatic rings. The Morgan fingerprint density at radius 1 is 1.14 bits per heavy atom. The molecule has 4 aliphatic rings. The molecule has 3 aliphatic heterocycles. The van der Waals surface area contributed by atoms with Gasteiger partial charge < -0.3 is 19.5 Å². The monoisotopic (exact) mass is 395 g/mol. The number of piperidine rings is 1. The lowest BCUT2D eigenvalue weighted by Crippen LogP contribution is -2.60. The van der Waals surface area contributed by atoms with E-state index in [1.165, 1.54) is 38.5 Å². The van der Waals surface area contributed by atoms with Crippen LogP contribution < -0.4 is 5.32 Å². The van der Waals surface area contributed by atoms with Gasteiger partial charge in [-0.25, -0.2) is 9.97 Å². The lowest BCUT2D eigenvalue weighted by atomic mass is 9.85. The number of hydrogen-bond donors (Lipinski definition) is 1. The molecule has 29 heavy (non-hydrogen) atoms. The Balaban J connectivity index is 1.23. The van der Waals surface area contributed by atoms with E-state index in [0.29, 0.717) is 43.4 Å². The maximum Gasteiger partial charge on any atom is 0.255 e. The Kier molecular flexibility index (Phi) is 4.17. The number of nitrogens with zero attached hydrogens (tertiary/aromatic N) is 4. The molecular formula is C22H29N5O2. The van der Waals surface area contributed by atoms with Crippen LogP contribution in [0.1, 0.15) is 67.8 Å². The van der Waals surface area contributed by atoms with Crippen LogP contribution in [0, 0.1) is 0 Å². The van der Waals surface area contributed by atoms with Crippen molar-refractivity contribution in [2.24, 2.45) is 0 Å². The van der Waals surface area contributed by atoms with Gasteiger partial charge in [0.1, 0.15) is 5.52 Å². The van der Waals surface area contributed by atoms with E-state index in [4.69, 9.17) is 4.74 Å². The van der Waals surface area contributed by atoms with Gasteiger partial charge in [-0.1, -0.05) is 12.8 Å². The Bertz CT molecular complexity index is 922. The van der Waals surface area contributed by atoms with Gasteiger partial charge in [-0.05, 0) is 44.6 Å². The molecule has 7 heteroatoms. The smallest absolute Gasteiger partial charge is 0.255 e. The van der Waals surface area contributed by atoms with Crippen LogP contribution in [0.5, 0.6) is 0 Å². The van der Waals surface area contributed by atoms with Crippen LogP contribution in [0.2, 0.25) is 0 Å². The van der Waals surface area contributed by atoms with E-state index in [1.54, 1.807) is 6.20 Å². The van der Waals surface area contributed by atoms with E-state index in [2.05, 4.69) is 19.9 Å². The van der Waals surface area contributed by atoms with E-state index in [-0.39, 0.29) is 11.5 Å². The SMILES string of the molecule is O=C(c1cnc2c(c1)ncn2C1CCCC1)N1CCOC2(C[C@H]3CC[C@@H](C2)N3)C1. The molecule has 1 unspecified atom stereocenters. The number of carbonyl (C=O) groups excluding carboxylic acids is 1. The third-order valence-corrected chi connectivity index (χ3v) is 7.49. The molecule has 1 N–H and O–H groups in total. The highest BCUT2D eigenvalue weighted by Crippen LogP contribution is 2.39. The van der Waals surface area contributed by atoms with Crippen molar-refractivity contribution in [3.05, 3.63) is 24.2 Å². The molecule has 3 atom stereocenters. The quantitative estimate of drug-likeness (QED) is 0.846. The van der Waals surface area contributed by atoms with Gasteiger partial charge in [-0.2, -0.15) is 0 Å². The number of carbonyl (C=O) groups is 1. The van der Waals surface area contributed by atoms with Crippen LogP contribution in [0.3, 0.4) is 0 Å². The minimum atomic E-state index is -0.174. The lowest BCUT2D eigenvalue weighted by molar-refractivity contribution is -0.122. The van der Waals surface area contributed by atoms with Crippen LogP contribution in [0.4, 0.5) is 0 Å². The van der Waals surface area contributed by atoms with Gasteiger partial charge in [0, 0.05) is 30.9 Å². The van der Waals surface area contributed by atoms with Gasteiger partial charge in [0.05, 0.1) is 30.6 Å². The molecule has 1 amide bonds. The Morgan fingerprint density at radius 3 is 2.72 bits per heavy atom. The fourth-order valence-electron chi connectivity index (χ4n) is 6.14. The van der Waals surface area contributed by atoms with Crippen molar-refractivity contribution in [3.8, 4) is 0 Å². The topological polar surface area (TPSA) is 72.3 Å². The van der Waals surface area contributed by atoms with Crippen molar-refractivity contribution in [2.75, 3.05) is 19.7 Å². The summed E-state index contributed by atoms with van der Waals surface area (Å²) in [7, 11) is 0. The van der Waals surface area contributed by atoms with Gasteiger partial charge in [-0.15, -0.1) is 0 Å². The van der Waals surface area contributed by atoms with E-state index >= 15 is 0 Å². The maximum absolute atomic E-state index is 13.3. The Labute approximate surface area is 170 Å². The van der Waals surface area contributed by atoms with Gasteiger partial charge >= 0.3 is 0 Å². The Hall–Kier alpha value is -1.99. The van der Waals surface area contributed by atoms with Crippen molar-refractivity contribution in [1.82, 2.24) is 24.8 Å². The second kappa shape index (κ2) is 6.77. The standard InChI is InChI=1S/C22H29N5O2/c28-21(26-7-8-29-22(13-26)10-16-5-6-17(11-22)25-16)15-9-19-20(23-12-15)27(14-24-19)18-3-1-2-4-18/h9,12,14,16-18,25H,1-8,10-11,13H2/t16-,17+,22?. The molecule has 1 saturated carbocycles. The number of imidazole rings is 1. The highest BCUT2D eigenvalue weighted by molar-refractivity contribution is 5.96. The summed E-state index contributed by atoms with van der Waals surface area (Å²) in [5.74, 6) is 0.0587. The minimum absolute atomic E-state index is 0.0587. The van der Waals surface area contributed by atoms with Crippen molar-refractivity contribution in [1.29, 1.82) is 0 Å². The molecule has 0 radical (unpaired) electrons. The molecular weight excluding hydrogens is 366 g/mol. The molecule has 3 saturated heterocycles. The van der Waals surface area contributed by atoms with Crippen molar-refractivity contribution < 1.29 is 9.53 Å². The lowest BCUT2D eigenvalue weighted by Gasteiger charge is -2.47. The molecule has 6 rings (SSSR count). The fraction of sp³-hybridized carbons (Fsp3) is 0.682. The van der Waals surface area contributed by atoms with Crippen LogP contribution in [0.25, 0.3) is 11.2 Å². The highest BCUT2D eigenvalue weighted by Gasteiger charge is 2.47. The average molecular weight is 396 g/mol. The van der Waals surface area contributed by atoms with Crippen molar-refractivity contribution in [2.45, 2.75) is 75.1 Å². The van der Waals surface area contributed by atoms with E-state index in [0.717, 1.165) is 24.0 Å². The predicted octanol–water partition coefficient (Wildman–Crippen LogP) is 2.67. The molecule has 7 nitrogen and oxygen atoms in total. The average Bonchev–Trinajstić information content (AvgIpc) is 3.46. The number of ether oxygens (including phenoxy) is 1. The Morgan fingerprint density at radius 2 is 1.93 bits per heavy atom. The third kappa shape index (κ3) is 3.06. The van der Waals surface area contributed by atoms with Gasteiger partial charge in [0.2, 0.25) is 0 Å². The fourth-order valence-corrected chi connectivity index (χ4v) is 6.14. The molecule has 5 heterocycles. The summed E-state index contributed by atoms with van der Waals surface area (Å²) in [5, 5.41) is 3.68. The maximum atomic E-state index is 13.3. The van der Waals surface area contributed by atoms with E-state index in [1.807, 2.05) is 17.3 Å². The summed E-state index contributed by atoms with van der Waals surface area (Å²) < 4.78 is 8.47. The normalized spacial score (nSPS) is 32.5. The number of fused-ring (bicyclic) bond motifs is 3. The summed E-state index contributed by atoms with van der Waals surface area (Å²) in [6, 6.07) is 3.51. The zero-order valence-corrected chi connectivity index (χ0v) is 16.8. The summed E-state index contributed by atoms with van der Waals surface area (Å²) in [6.07, 6.45) is 13.1. The molecule has 4 fully saturated rings. The number of amides is 1. The summed E-state index contributed by atoms with van der Waals surface area (Å²) in [4.78, 5) is 24.5. The van der Waals surface area contributed by atoms with E-state index < -0.39 is 0 Å². The molecule has 1 spiro atoms. The number of aromatic nitrogens is 3. The van der Waals surface area contributed by atoms with Crippen LogP contribution in [0.15, 0.2) is 18.6 Å². The second-order valence-corrected chi connectivity index (χ2v) is 9.46. The third-order valence-electron chi connectivity index (χ3n) is 7.49. The zero-order chi connectivity index (χ0) is 19.4. The zero-order valence-electron chi connectivity index (χ0n) is 16.8. The summed E-state index contributed by atoms with van der Waals surface area (Å²) >= 11 is 0. The second-order valence-electron chi connectivity index (χ2n) is 9.46. The van der Waals surface area contributed by atoms with Crippen molar-refractivity contribution >= 4 is 17.1 Å². The number of pyridine rings is 1. The van der Waals surface area contributed by atoms with Gasteiger partial charge in [0.15, 0.2) is 5.65 Å².